The van der Waals surface area contributed by atoms with Crippen molar-refractivity contribution in [1.82, 2.24) is 20.0 Å². The summed E-state index contributed by atoms with van der Waals surface area (Å²) in [5, 5.41) is 2.81. The maximum absolute atomic E-state index is 13.0. The van der Waals surface area contributed by atoms with Crippen molar-refractivity contribution in [3.63, 3.8) is 0 Å². The lowest BCUT2D eigenvalue weighted by molar-refractivity contribution is -0.135. The molecule has 31 heavy (non-hydrogen) atoms. The number of fused-ring (bicyclic) bond motifs is 1. The highest BCUT2D eigenvalue weighted by atomic mass is 16.5. The van der Waals surface area contributed by atoms with Gasteiger partial charge in [-0.25, -0.2) is 0 Å². The van der Waals surface area contributed by atoms with E-state index in [4.69, 9.17) is 4.74 Å². The molecular weight excluding hydrogens is 396 g/mol. The van der Waals surface area contributed by atoms with E-state index in [0.29, 0.717) is 24.8 Å². The minimum absolute atomic E-state index is 0.0318. The highest BCUT2D eigenvalue weighted by Gasteiger charge is 2.47. The minimum Gasteiger partial charge on any atom is -0.377 e. The molecule has 3 aliphatic heterocycles. The molecule has 3 fully saturated rings. The van der Waals surface area contributed by atoms with Crippen LogP contribution in [0.2, 0.25) is 0 Å². The number of piperazine rings is 1. The number of benzene rings is 1. The summed E-state index contributed by atoms with van der Waals surface area (Å²) in [4.78, 5) is 44.4. The van der Waals surface area contributed by atoms with Crippen molar-refractivity contribution in [1.29, 1.82) is 0 Å². The van der Waals surface area contributed by atoms with Crippen LogP contribution < -0.4 is 5.32 Å². The van der Waals surface area contributed by atoms with Crippen LogP contribution in [0.25, 0.3) is 0 Å². The van der Waals surface area contributed by atoms with Crippen LogP contribution in [0, 0.1) is 0 Å². The molecule has 1 aromatic carbocycles. The molecule has 1 aromatic rings. The molecule has 0 bridgehead atoms. The first kappa shape index (κ1) is 20.5. The molecule has 2 atom stereocenters. The van der Waals surface area contributed by atoms with Crippen LogP contribution in [-0.4, -0.2) is 90.4 Å². The molecule has 2 saturated heterocycles. The van der Waals surface area contributed by atoms with Crippen molar-refractivity contribution in [3.8, 4) is 0 Å². The Balaban J connectivity index is 1.14. The molecule has 5 rings (SSSR count). The summed E-state index contributed by atoms with van der Waals surface area (Å²) in [6.07, 6.45) is 4.44. The van der Waals surface area contributed by atoms with Crippen molar-refractivity contribution >= 4 is 17.7 Å². The Morgan fingerprint density at radius 1 is 1.06 bits per heavy atom. The molecule has 2 unspecified atom stereocenters. The normalized spacial score (nSPS) is 26.3. The zero-order valence-electron chi connectivity index (χ0n) is 17.8. The summed E-state index contributed by atoms with van der Waals surface area (Å²) in [7, 11) is 0. The fraction of sp³-hybridized carbons (Fsp3) is 0.609. The molecule has 4 aliphatic rings. The number of nitrogens with zero attached hydrogens (tertiary/aromatic N) is 3. The molecule has 0 aromatic heterocycles. The smallest absolute Gasteiger partial charge is 0.255 e. The molecule has 1 aliphatic carbocycles. The molecule has 0 radical (unpaired) electrons. The summed E-state index contributed by atoms with van der Waals surface area (Å²) in [5.41, 5.74) is 1.34. The first-order valence-electron chi connectivity index (χ1n) is 11.4. The fourth-order valence-corrected chi connectivity index (χ4v) is 4.96. The first-order chi connectivity index (χ1) is 15.1. The second-order valence-electron chi connectivity index (χ2n) is 8.97. The van der Waals surface area contributed by atoms with Gasteiger partial charge in [0.2, 0.25) is 11.8 Å². The fourth-order valence-electron chi connectivity index (χ4n) is 4.96. The Bertz CT molecular complexity index is 857. The zero-order chi connectivity index (χ0) is 21.4. The van der Waals surface area contributed by atoms with Crippen molar-refractivity contribution in [2.24, 2.45) is 0 Å². The lowest BCUT2D eigenvalue weighted by atomic mass is 10.0. The van der Waals surface area contributed by atoms with Gasteiger partial charge in [0.15, 0.2) is 0 Å². The molecular formula is C23H30N4O4. The predicted molar refractivity (Wildman–Crippen MR) is 113 cm³/mol. The summed E-state index contributed by atoms with van der Waals surface area (Å²) < 4.78 is 5.71. The highest BCUT2D eigenvalue weighted by Crippen LogP contribution is 2.41. The van der Waals surface area contributed by atoms with E-state index in [9.17, 15) is 14.4 Å². The van der Waals surface area contributed by atoms with Crippen molar-refractivity contribution in [2.45, 2.75) is 43.9 Å². The number of carbonyl (C=O) groups excluding carboxylic acids is 3. The second-order valence-corrected chi connectivity index (χ2v) is 8.97. The largest absolute Gasteiger partial charge is 0.377 e. The number of rotatable bonds is 6. The van der Waals surface area contributed by atoms with E-state index in [2.05, 4.69) is 10.2 Å². The number of hydrogen-bond donors (Lipinski definition) is 1. The number of amides is 3. The van der Waals surface area contributed by atoms with Crippen LogP contribution in [0.1, 0.15) is 47.6 Å². The molecule has 1 N–H and O–H groups in total. The minimum atomic E-state index is -0.632. The van der Waals surface area contributed by atoms with Gasteiger partial charge in [-0.1, -0.05) is 18.2 Å². The first-order valence-corrected chi connectivity index (χ1v) is 11.4. The van der Waals surface area contributed by atoms with Gasteiger partial charge in [0.1, 0.15) is 6.04 Å². The van der Waals surface area contributed by atoms with E-state index in [1.54, 1.807) is 11.0 Å². The van der Waals surface area contributed by atoms with E-state index >= 15 is 0 Å². The predicted octanol–water partition coefficient (Wildman–Crippen LogP) is 0.785. The molecule has 3 heterocycles. The van der Waals surface area contributed by atoms with E-state index in [-0.39, 0.29) is 30.3 Å². The summed E-state index contributed by atoms with van der Waals surface area (Å²) in [5.74, 6) is -0.414. The quantitative estimate of drug-likeness (QED) is 0.727. The third kappa shape index (κ3) is 4.19. The average molecular weight is 427 g/mol. The van der Waals surface area contributed by atoms with E-state index in [1.165, 1.54) is 0 Å². The third-order valence-electron chi connectivity index (χ3n) is 6.81. The zero-order valence-corrected chi connectivity index (χ0v) is 17.8. The second kappa shape index (κ2) is 8.59. The number of hydrogen-bond acceptors (Lipinski definition) is 5. The van der Waals surface area contributed by atoms with Gasteiger partial charge in [-0.05, 0) is 37.3 Å². The Labute approximate surface area is 182 Å². The van der Waals surface area contributed by atoms with E-state index in [1.807, 2.05) is 23.1 Å². The third-order valence-corrected chi connectivity index (χ3v) is 6.81. The number of ether oxygens (including phenoxy) is 1. The van der Waals surface area contributed by atoms with Crippen molar-refractivity contribution < 1.29 is 19.1 Å². The van der Waals surface area contributed by atoms with Gasteiger partial charge in [0.25, 0.3) is 5.91 Å². The Morgan fingerprint density at radius 3 is 2.55 bits per heavy atom. The van der Waals surface area contributed by atoms with Gasteiger partial charge < -0.3 is 19.9 Å². The topological polar surface area (TPSA) is 82.2 Å². The molecule has 166 valence electrons. The van der Waals surface area contributed by atoms with Crippen molar-refractivity contribution in [2.75, 3.05) is 45.9 Å². The molecule has 0 spiro atoms. The lowest BCUT2D eigenvalue weighted by Crippen LogP contribution is -2.53. The molecule has 1 saturated carbocycles. The van der Waals surface area contributed by atoms with Crippen LogP contribution >= 0.6 is 0 Å². The van der Waals surface area contributed by atoms with E-state index in [0.717, 1.165) is 57.5 Å². The monoisotopic (exact) mass is 426 g/mol. The SMILES string of the molecule is O=C(NCC(=O)N1CCN(CC2CCCO2)CC1)C1c2ccccc2C(=O)N1C1CC1. The van der Waals surface area contributed by atoms with Crippen LogP contribution in [-0.2, 0) is 14.3 Å². The summed E-state index contributed by atoms with van der Waals surface area (Å²) >= 11 is 0. The Hall–Kier alpha value is -2.45. The summed E-state index contributed by atoms with van der Waals surface area (Å²) in [6.45, 7) is 4.76. The summed E-state index contributed by atoms with van der Waals surface area (Å²) in [6, 6.07) is 6.79. The van der Waals surface area contributed by atoms with Crippen LogP contribution in [0.15, 0.2) is 24.3 Å². The standard InChI is InChI=1S/C23H30N4O4/c28-20(26-11-9-25(10-12-26)15-17-4-3-13-31-17)14-24-22(29)21-18-5-1-2-6-19(18)23(30)27(21)16-7-8-16/h1-2,5-6,16-17,21H,3-4,7-15H2,(H,24,29). The molecule has 8 nitrogen and oxygen atoms in total. The van der Waals surface area contributed by atoms with Gasteiger partial charge in [-0.2, -0.15) is 0 Å². The van der Waals surface area contributed by atoms with Crippen LogP contribution in [0.5, 0.6) is 0 Å². The molecule has 3 amide bonds. The van der Waals surface area contributed by atoms with E-state index < -0.39 is 6.04 Å². The van der Waals surface area contributed by atoms with Crippen LogP contribution in [0.3, 0.4) is 0 Å². The Morgan fingerprint density at radius 2 is 1.84 bits per heavy atom. The van der Waals surface area contributed by atoms with Gasteiger partial charge >= 0.3 is 0 Å². The highest BCUT2D eigenvalue weighted by molar-refractivity contribution is 6.05. The molecule has 8 heteroatoms. The maximum Gasteiger partial charge on any atom is 0.255 e. The number of carbonyl (C=O) groups is 3. The van der Waals surface area contributed by atoms with Crippen molar-refractivity contribution in [3.05, 3.63) is 35.4 Å². The van der Waals surface area contributed by atoms with Gasteiger partial charge in [0, 0.05) is 50.9 Å². The average Bonchev–Trinajstić information content (AvgIpc) is 3.42. The lowest BCUT2D eigenvalue weighted by Gasteiger charge is -2.35. The van der Waals surface area contributed by atoms with Crippen LogP contribution in [0.4, 0.5) is 0 Å². The number of nitrogens with one attached hydrogen (secondary N) is 1. The van der Waals surface area contributed by atoms with Gasteiger partial charge in [0.05, 0.1) is 12.6 Å². The van der Waals surface area contributed by atoms with Gasteiger partial charge in [-0.15, -0.1) is 0 Å². The van der Waals surface area contributed by atoms with Gasteiger partial charge in [-0.3, -0.25) is 19.3 Å². The Kier molecular flexibility index (Phi) is 5.67. The maximum atomic E-state index is 13.0.